The second-order valence-electron chi connectivity index (χ2n) is 3.77. The number of fused-ring (bicyclic) bond motifs is 3. The molecule has 0 amide bonds. The molecule has 4 heteroatoms. The molecule has 76 valence electrons. The van der Waals surface area contributed by atoms with Crippen LogP contribution in [-0.2, 0) is 12.8 Å². The van der Waals surface area contributed by atoms with E-state index in [1.165, 1.54) is 35.4 Å². The zero-order valence-electron chi connectivity index (χ0n) is 8.19. The summed E-state index contributed by atoms with van der Waals surface area (Å²) in [5.74, 6) is 0. The highest BCUT2D eigenvalue weighted by Gasteiger charge is 2.20. The summed E-state index contributed by atoms with van der Waals surface area (Å²) in [5, 5.41) is 0. The van der Waals surface area contributed by atoms with Crippen LogP contribution in [-0.4, -0.2) is 9.97 Å². The van der Waals surface area contributed by atoms with E-state index in [2.05, 4.69) is 9.97 Å². The van der Waals surface area contributed by atoms with E-state index in [1.54, 1.807) is 6.20 Å². The number of aryl methyl sites for hydroxylation is 1. The largest absolute Gasteiger partial charge is 0.326 e. The maximum absolute atomic E-state index is 11.3. The van der Waals surface area contributed by atoms with Gasteiger partial charge in [0.1, 0.15) is 0 Å². The lowest BCUT2D eigenvalue weighted by atomic mass is 9.97. The minimum Gasteiger partial charge on any atom is -0.255 e. The van der Waals surface area contributed by atoms with E-state index in [4.69, 9.17) is 0 Å². The molecule has 3 nitrogen and oxygen atoms in total. The van der Waals surface area contributed by atoms with Gasteiger partial charge < -0.3 is 0 Å². The summed E-state index contributed by atoms with van der Waals surface area (Å²) in [6.07, 6.45) is 6.10. The first-order valence-electron chi connectivity index (χ1n) is 5.12. The van der Waals surface area contributed by atoms with Crippen molar-refractivity contribution in [2.75, 3.05) is 0 Å². The maximum atomic E-state index is 11.3. The molecule has 0 N–H and O–H groups in total. The number of aromatic nitrogens is 2. The molecule has 0 atom stereocenters. The van der Waals surface area contributed by atoms with Gasteiger partial charge in [0.25, 0.3) is 0 Å². The van der Waals surface area contributed by atoms with Crippen molar-refractivity contribution in [2.45, 2.75) is 25.7 Å². The van der Waals surface area contributed by atoms with Gasteiger partial charge in [-0.2, -0.15) is 0 Å². The second-order valence-corrected chi connectivity index (χ2v) is 4.73. The van der Waals surface area contributed by atoms with Gasteiger partial charge in [-0.05, 0) is 37.3 Å². The Hall–Kier alpha value is -1.29. The van der Waals surface area contributed by atoms with Crippen LogP contribution in [0.3, 0.4) is 0 Å². The second kappa shape index (κ2) is 3.38. The van der Waals surface area contributed by atoms with Crippen LogP contribution in [0.4, 0.5) is 0 Å². The summed E-state index contributed by atoms with van der Waals surface area (Å²) >= 11 is 1.22. The Balaban J connectivity index is 2.32. The monoisotopic (exact) mass is 218 g/mol. The van der Waals surface area contributed by atoms with E-state index in [-0.39, 0.29) is 4.87 Å². The highest BCUT2D eigenvalue weighted by molar-refractivity contribution is 7.12. The predicted molar refractivity (Wildman–Crippen MR) is 59.4 cm³/mol. The van der Waals surface area contributed by atoms with Crippen molar-refractivity contribution in [3.63, 3.8) is 0 Å². The van der Waals surface area contributed by atoms with Crippen LogP contribution in [0, 0.1) is 0 Å². The molecule has 0 saturated heterocycles. The number of nitrogens with zero attached hydrogens (tertiary/aromatic N) is 2. The van der Waals surface area contributed by atoms with E-state index in [0.717, 1.165) is 23.4 Å². The molecule has 2 heterocycles. The Bertz CT molecular complexity index is 535. The Morgan fingerprint density at radius 1 is 1.27 bits per heavy atom. The lowest BCUT2D eigenvalue weighted by Crippen LogP contribution is -2.00. The van der Waals surface area contributed by atoms with Crippen LogP contribution in [0.15, 0.2) is 17.1 Å². The van der Waals surface area contributed by atoms with Crippen LogP contribution in [0.1, 0.15) is 24.1 Å². The van der Waals surface area contributed by atoms with Crippen molar-refractivity contribution in [1.82, 2.24) is 9.97 Å². The van der Waals surface area contributed by atoms with Gasteiger partial charge in [0.05, 0.1) is 10.6 Å². The fourth-order valence-corrected chi connectivity index (χ4v) is 2.97. The van der Waals surface area contributed by atoms with Gasteiger partial charge in [-0.1, -0.05) is 11.3 Å². The third kappa shape index (κ3) is 1.45. The molecular formula is C11H10N2OS. The molecule has 0 aromatic heterocycles. The first-order valence-corrected chi connectivity index (χ1v) is 5.94. The molecule has 15 heavy (non-hydrogen) atoms. The Morgan fingerprint density at radius 2 is 2.13 bits per heavy atom. The van der Waals surface area contributed by atoms with E-state index in [0.29, 0.717) is 0 Å². The summed E-state index contributed by atoms with van der Waals surface area (Å²) in [7, 11) is 0. The topological polar surface area (TPSA) is 42.9 Å². The number of hydrogen-bond acceptors (Lipinski definition) is 4. The zero-order valence-corrected chi connectivity index (χ0v) is 9.01. The minimum atomic E-state index is -0.134. The molecule has 0 bridgehead atoms. The normalized spacial score (nSPS) is 15.2. The van der Waals surface area contributed by atoms with E-state index in [9.17, 15) is 4.79 Å². The quantitative estimate of drug-likeness (QED) is 0.678. The summed E-state index contributed by atoms with van der Waals surface area (Å²) in [6.45, 7) is 0. The Morgan fingerprint density at radius 3 is 3.07 bits per heavy atom. The van der Waals surface area contributed by atoms with Gasteiger partial charge in [0.15, 0.2) is 0 Å². The molecule has 0 radical (unpaired) electrons. The molecule has 0 unspecified atom stereocenters. The molecule has 0 aromatic rings. The highest BCUT2D eigenvalue weighted by Crippen LogP contribution is 2.34. The number of rotatable bonds is 0. The lowest BCUT2D eigenvalue weighted by Gasteiger charge is -2.08. The SMILES string of the molecule is O=c1nccc2nc3c(c-2s1)CCCC3. The predicted octanol–water partition coefficient (Wildman–Crippen LogP) is 1.88. The van der Waals surface area contributed by atoms with Gasteiger partial charge in [-0.15, -0.1) is 0 Å². The van der Waals surface area contributed by atoms with Gasteiger partial charge in [0, 0.05) is 11.9 Å². The van der Waals surface area contributed by atoms with E-state index >= 15 is 0 Å². The fourth-order valence-electron chi connectivity index (χ4n) is 2.12. The highest BCUT2D eigenvalue weighted by atomic mass is 32.1. The molecule has 1 aliphatic carbocycles. The smallest absolute Gasteiger partial charge is 0.255 e. The van der Waals surface area contributed by atoms with Crippen molar-refractivity contribution in [1.29, 1.82) is 0 Å². The third-order valence-electron chi connectivity index (χ3n) is 2.80. The van der Waals surface area contributed by atoms with Gasteiger partial charge in [0.2, 0.25) is 0 Å². The lowest BCUT2D eigenvalue weighted by molar-refractivity contribution is 0.679. The van der Waals surface area contributed by atoms with Crippen molar-refractivity contribution in [3.05, 3.63) is 33.2 Å². The molecule has 0 spiro atoms. The van der Waals surface area contributed by atoms with Gasteiger partial charge in [-0.25, -0.2) is 4.98 Å². The van der Waals surface area contributed by atoms with E-state index < -0.39 is 0 Å². The van der Waals surface area contributed by atoms with Crippen molar-refractivity contribution >= 4 is 11.3 Å². The van der Waals surface area contributed by atoms with Crippen LogP contribution < -0.4 is 4.87 Å². The maximum Gasteiger partial charge on any atom is 0.326 e. The molecule has 3 rings (SSSR count). The van der Waals surface area contributed by atoms with Crippen molar-refractivity contribution in [2.24, 2.45) is 0 Å². The molecule has 0 aromatic carbocycles. The molecule has 3 aliphatic rings. The number of hydrogen-bond donors (Lipinski definition) is 0. The molecule has 0 fully saturated rings. The summed E-state index contributed by atoms with van der Waals surface area (Å²) in [6, 6.07) is 1.84. The van der Waals surface area contributed by atoms with E-state index in [1.807, 2.05) is 6.07 Å². The first-order chi connectivity index (χ1) is 7.34. The average Bonchev–Trinajstić information content (AvgIpc) is 2.47. The van der Waals surface area contributed by atoms with Gasteiger partial charge in [-0.3, -0.25) is 9.78 Å². The fraction of sp³-hybridized carbons (Fsp3) is 0.364. The van der Waals surface area contributed by atoms with Crippen LogP contribution in [0.2, 0.25) is 0 Å². The molecule has 2 aliphatic heterocycles. The molecule has 0 saturated carbocycles. The van der Waals surface area contributed by atoms with Crippen molar-refractivity contribution in [3.8, 4) is 10.6 Å². The third-order valence-corrected chi connectivity index (χ3v) is 3.74. The Labute approximate surface area is 91.2 Å². The first kappa shape index (κ1) is 8.97. The molecular weight excluding hydrogens is 208 g/mol. The average molecular weight is 218 g/mol. The standard InChI is InChI=1S/C11H10N2OS/c14-11-12-6-5-9-10(15-11)7-3-1-2-4-8(7)13-9/h5-6H,1-4H2. The minimum absolute atomic E-state index is 0.134. The van der Waals surface area contributed by atoms with Gasteiger partial charge >= 0.3 is 4.87 Å². The van der Waals surface area contributed by atoms with Crippen molar-refractivity contribution < 1.29 is 0 Å². The summed E-state index contributed by atoms with van der Waals surface area (Å²) in [4.78, 5) is 20.6. The van der Waals surface area contributed by atoms with Crippen LogP contribution >= 0.6 is 11.3 Å². The zero-order chi connectivity index (χ0) is 10.3. The van der Waals surface area contributed by atoms with Crippen LogP contribution in [0.25, 0.3) is 10.6 Å². The summed E-state index contributed by atoms with van der Waals surface area (Å²) < 4.78 is 0. The van der Waals surface area contributed by atoms with Crippen LogP contribution in [0.5, 0.6) is 0 Å². The summed E-state index contributed by atoms with van der Waals surface area (Å²) in [5.41, 5.74) is 3.41. The Kier molecular flexibility index (Phi) is 2.02.